The molecular formula is C19H17N3O6. The minimum atomic E-state index is -0.652. The van der Waals surface area contributed by atoms with Crippen LogP contribution in [-0.2, 0) is 16.0 Å². The number of esters is 2. The number of carbonyl (C=O) groups is 3. The third-order valence-corrected chi connectivity index (χ3v) is 3.80. The largest absolute Gasteiger partial charge is 0.465 e. The molecule has 3 aromatic rings. The van der Waals surface area contributed by atoms with Gasteiger partial charge in [-0.2, -0.15) is 5.10 Å². The number of methoxy groups -OCH3 is 2. The lowest BCUT2D eigenvalue weighted by Crippen LogP contribution is -2.13. The fraction of sp³-hybridized carbons (Fsp3) is 0.158. The monoisotopic (exact) mass is 383 g/mol. The van der Waals surface area contributed by atoms with E-state index in [1.54, 1.807) is 29.2 Å². The highest BCUT2D eigenvalue weighted by atomic mass is 16.5. The first-order chi connectivity index (χ1) is 13.5. The van der Waals surface area contributed by atoms with Gasteiger partial charge in [-0.05, 0) is 36.4 Å². The number of nitrogens with zero attached hydrogens (tertiary/aromatic N) is 2. The second-order valence-corrected chi connectivity index (χ2v) is 5.71. The minimum Gasteiger partial charge on any atom is -0.465 e. The van der Waals surface area contributed by atoms with Crippen LogP contribution in [-0.4, -0.2) is 41.8 Å². The van der Waals surface area contributed by atoms with Crippen molar-refractivity contribution in [3.8, 4) is 0 Å². The molecular weight excluding hydrogens is 366 g/mol. The van der Waals surface area contributed by atoms with Crippen LogP contribution in [0.2, 0.25) is 0 Å². The summed E-state index contributed by atoms with van der Waals surface area (Å²) >= 11 is 0. The number of benzene rings is 1. The predicted molar refractivity (Wildman–Crippen MR) is 97.1 cm³/mol. The van der Waals surface area contributed by atoms with E-state index < -0.39 is 17.8 Å². The Morgan fingerprint density at radius 1 is 1.07 bits per heavy atom. The van der Waals surface area contributed by atoms with Gasteiger partial charge in [0.05, 0.1) is 31.9 Å². The molecule has 0 aliphatic heterocycles. The smallest absolute Gasteiger partial charge is 0.337 e. The highest BCUT2D eigenvalue weighted by Gasteiger charge is 2.17. The summed E-state index contributed by atoms with van der Waals surface area (Å²) in [4.78, 5) is 36.1. The average molecular weight is 383 g/mol. The van der Waals surface area contributed by atoms with Crippen LogP contribution in [0.4, 0.5) is 5.69 Å². The van der Waals surface area contributed by atoms with Crippen LogP contribution in [0.15, 0.2) is 53.2 Å². The van der Waals surface area contributed by atoms with E-state index in [9.17, 15) is 14.4 Å². The number of hydrogen-bond acceptors (Lipinski definition) is 7. The molecule has 0 saturated heterocycles. The van der Waals surface area contributed by atoms with E-state index in [0.717, 1.165) is 0 Å². The molecule has 2 aromatic heterocycles. The molecule has 0 spiro atoms. The molecule has 1 aromatic carbocycles. The average Bonchev–Trinajstić information content (AvgIpc) is 3.39. The Balaban J connectivity index is 1.80. The second kappa shape index (κ2) is 8.21. The van der Waals surface area contributed by atoms with E-state index in [-0.39, 0.29) is 22.6 Å². The van der Waals surface area contributed by atoms with E-state index in [1.165, 1.54) is 38.5 Å². The van der Waals surface area contributed by atoms with Crippen LogP contribution in [0.3, 0.4) is 0 Å². The Hall–Kier alpha value is -3.88. The highest BCUT2D eigenvalue weighted by molar-refractivity contribution is 6.04. The van der Waals surface area contributed by atoms with Gasteiger partial charge in [-0.1, -0.05) is 0 Å². The summed E-state index contributed by atoms with van der Waals surface area (Å²) in [5, 5.41) is 6.67. The summed E-state index contributed by atoms with van der Waals surface area (Å²) in [5.74, 6) is -1.22. The molecule has 0 aliphatic rings. The fourth-order valence-corrected chi connectivity index (χ4v) is 2.50. The summed E-state index contributed by atoms with van der Waals surface area (Å²) in [5.41, 5.74) is 0.414. The zero-order valence-electron chi connectivity index (χ0n) is 15.2. The van der Waals surface area contributed by atoms with Crippen molar-refractivity contribution in [1.82, 2.24) is 9.78 Å². The molecule has 1 N–H and O–H groups in total. The molecule has 0 radical (unpaired) electrons. The van der Waals surface area contributed by atoms with Crippen molar-refractivity contribution < 1.29 is 28.3 Å². The summed E-state index contributed by atoms with van der Waals surface area (Å²) in [6, 6.07) is 9.08. The van der Waals surface area contributed by atoms with Gasteiger partial charge >= 0.3 is 11.9 Å². The molecule has 9 heteroatoms. The van der Waals surface area contributed by atoms with Gasteiger partial charge in [0.15, 0.2) is 5.76 Å². The summed E-state index contributed by atoms with van der Waals surface area (Å²) in [7, 11) is 2.44. The lowest BCUT2D eigenvalue weighted by molar-refractivity contribution is 0.0599. The number of furan rings is 1. The topological polar surface area (TPSA) is 113 Å². The molecule has 0 bridgehead atoms. The van der Waals surface area contributed by atoms with Crippen LogP contribution in [0.5, 0.6) is 0 Å². The SMILES string of the molecule is COC(=O)c1cc(NC(=O)c2ccc(Cn3cccn3)o2)cc(C(=O)OC)c1. The predicted octanol–water partition coefficient (Wildman–Crippen LogP) is 2.35. The first kappa shape index (κ1) is 18.9. The molecule has 9 nitrogen and oxygen atoms in total. The van der Waals surface area contributed by atoms with E-state index in [0.29, 0.717) is 12.3 Å². The van der Waals surface area contributed by atoms with Gasteiger partial charge in [0.1, 0.15) is 5.76 Å². The van der Waals surface area contributed by atoms with E-state index >= 15 is 0 Å². The van der Waals surface area contributed by atoms with Crippen molar-refractivity contribution in [2.45, 2.75) is 6.54 Å². The maximum absolute atomic E-state index is 12.5. The molecule has 28 heavy (non-hydrogen) atoms. The number of aromatic nitrogens is 2. The number of anilines is 1. The molecule has 0 fully saturated rings. The number of rotatable bonds is 6. The van der Waals surface area contributed by atoms with Gasteiger partial charge in [0.25, 0.3) is 5.91 Å². The Morgan fingerprint density at radius 3 is 2.32 bits per heavy atom. The second-order valence-electron chi connectivity index (χ2n) is 5.71. The number of amides is 1. The minimum absolute atomic E-state index is 0.0743. The van der Waals surface area contributed by atoms with Gasteiger partial charge in [-0.15, -0.1) is 0 Å². The molecule has 144 valence electrons. The van der Waals surface area contributed by atoms with Crippen molar-refractivity contribution >= 4 is 23.5 Å². The first-order valence-electron chi connectivity index (χ1n) is 8.19. The molecule has 0 aliphatic carbocycles. The van der Waals surface area contributed by atoms with Crippen LogP contribution in [0.25, 0.3) is 0 Å². The molecule has 0 saturated carbocycles. The van der Waals surface area contributed by atoms with Crippen LogP contribution >= 0.6 is 0 Å². The number of carbonyl (C=O) groups excluding carboxylic acids is 3. The Morgan fingerprint density at radius 2 is 1.75 bits per heavy atom. The third kappa shape index (κ3) is 4.26. The Bertz CT molecular complexity index is 972. The van der Waals surface area contributed by atoms with Gasteiger partial charge in [0.2, 0.25) is 0 Å². The van der Waals surface area contributed by atoms with E-state index in [2.05, 4.69) is 19.9 Å². The maximum Gasteiger partial charge on any atom is 0.337 e. The fourth-order valence-electron chi connectivity index (χ4n) is 2.50. The number of nitrogens with one attached hydrogen (secondary N) is 1. The first-order valence-corrected chi connectivity index (χ1v) is 8.19. The lowest BCUT2D eigenvalue weighted by Gasteiger charge is -2.08. The Labute approximate surface area is 159 Å². The van der Waals surface area contributed by atoms with Crippen molar-refractivity contribution in [2.75, 3.05) is 19.5 Å². The van der Waals surface area contributed by atoms with Gasteiger partial charge in [-0.3, -0.25) is 9.48 Å². The van der Waals surface area contributed by atoms with Crippen molar-refractivity contribution in [3.05, 3.63) is 71.4 Å². The maximum atomic E-state index is 12.5. The number of ether oxygens (including phenoxy) is 2. The van der Waals surface area contributed by atoms with Crippen LogP contribution in [0, 0.1) is 0 Å². The zero-order valence-corrected chi connectivity index (χ0v) is 15.2. The Kier molecular flexibility index (Phi) is 5.54. The van der Waals surface area contributed by atoms with Gasteiger partial charge in [-0.25, -0.2) is 9.59 Å². The number of hydrogen-bond donors (Lipinski definition) is 1. The normalized spacial score (nSPS) is 10.4. The van der Waals surface area contributed by atoms with Crippen molar-refractivity contribution in [1.29, 1.82) is 0 Å². The summed E-state index contributed by atoms with van der Waals surface area (Å²) < 4.78 is 16.5. The zero-order chi connectivity index (χ0) is 20.1. The third-order valence-electron chi connectivity index (χ3n) is 3.80. The standard InChI is InChI=1S/C19H17N3O6/c1-26-18(24)12-8-13(19(25)27-2)10-14(9-12)21-17(23)16-5-4-15(28-16)11-22-7-3-6-20-22/h3-10H,11H2,1-2H3,(H,21,23). The molecule has 1 amide bonds. The molecule has 0 atom stereocenters. The molecule has 2 heterocycles. The quantitative estimate of drug-likeness (QED) is 0.650. The lowest BCUT2D eigenvalue weighted by atomic mass is 10.1. The molecule has 0 unspecified atom stereocenters. The molecule has 3 rings (SSSR count). The van der Waals surface area contributed by atoms with Gasteiger partial charge in [0, 0.05) is 18.1 Å². The summed E-state index contributed by atoms with van der Waals surface area (Å²) in [6.45, 7) is 0.380. The van der Waals surface area contributed by atoms with Crippen LogP contribution in [0.1, 0.15) is 37.0 Å². The van der Waals surface area contributed by atoms with E-state index in [4.69, 9.17) is 4.42 Å². The van der Waals surface area contributed by atoms with Gasteiger partial charge < -0.3 is 19.2 Å². The van der Waals surface area contributed by atoms with Crippen molar-refractivity contribution in [3.63, 3.8) is 0 Å². The van der Waals surface area contributed by atoms with Crippen LogP contribution < -0.4 is 5.32 Å². The highest BCUT2D eigenvalue weighted by Crippen LogP contribution is 2.19. The van der Waals surface area contributed by atoms with Crippen molar-refractivity contribution in [2.24, 2.45) is 0 Å². The van der Waals surface area contributed by atoms with E-state index in [1.807, 2.05) is 0 Å². The summed E-state index contributed by atoms with van der Waals surface area (Å²) in [6.07, 6.45) is 3.42.